The third-order valence-corrected chi connectivity index (χ3v) is 4.28. The van der Waals surface area contributed by atoms with Crippen LogP contribution >= 0.6 is 0 Å². The number of nitrogens with one attached hydrogen (secondary N) is 1. The van der Waals surface area contributed by atoms with Crippen LogP contribution in [0.3, 0.4) is 0 Å². The van der Waals surface area contributed by atoms with E-state index in [-0.39, 0.29) is 6.04 Å². The monoisotopic (exact) mass is 314 g/mol. The summed E-state index contributed by atoms with van der Waals surface area (Å²) in [6, 6.07) is 10.7. The SMILES string of the molecule is CN(c1cc2oc(=O)[nH]c2cc1F)C1COc2ccccc2C1. The van der Waals surface area contributed by atoms with E-state index in [0.717, 1.165) is 17.7 Å². The lowest BCUT2D eigenvalue weighted by atomic mass is 10.0. The Bertz CT molecular complexity index is 931. The summed E-state index contributed by atoms with van der Waals surface area (Å²) in [7, 11) is 1.82. The van der Waals surface area contributed by atoms with Crippen LogP contribution in [0.15, 0.2) is 45.6 Å². The molecule has 0 saturated carbocycles. The van der Waals surface area contributed by atoms with Gasteiger partial charge in [0.2, 0.25) is 0 Å². The summed E-state index contributed by atoms with van der Waals surface area (Å²) in [4.78, 5) is 15.5. The second-order valence-electron chi connectivity index (χ2n) is 5.70. The number of hydrogen-bond acceptors (Lipinski definition) is 4. The fourth-order valence-electron chi connectivity index (χ4n) is 2.99. The number of aromatic amines is 1. The van der Waals surface area contributed by atoms with Crippen molar-refractivity contribution in [1.82, 2.24) is 4.98 Å². The third kappa shape index (κ3) is 2.36. The van der Waals surface area contributed by atoms with Crippen molar-refractivity contribution >= 4 is 16.8 Å². The Morgan fingerprint density at radius 2 is 2.13 bits per heavy atom. The molecule has 1 unspecified atom stereocenters. The number of likely N-dealkylation sites (N-methyl/N-ethyl adjacent to an activating group) is 1. The highest BCUT2D eigenvalue weighted by atomic mass is 19.1. The molecule has 1 aliphatic heterocycles. The maximum absolute atomic E-state index is 14.4. The molecule has 5 nitrogen and oxygen atoms in total. The Labute approximate surface area is 131 Å². The summed E-state index contributed by atoms with van der Waals surface area (Å²) in [5, 5.41) is 0. The molecule has 2 heterocycles. The Kier molecular flexibility index (Phi) is 3.11. The van der Waals surface area contributed by atoms with Crippen LogP contribution in [0, 0.1) is 5.82 Å². The van der Waals surface area contributed by atoms with Crippen LogP contribution < -0.4 is 15.4 Å². The van der Waals surface area contributed by atoms with Gasteiger partial charge in [0.25, 0.3) is 0 Å². The van der Waals surface area contributed by atoms with Gasteiger partial charge >= 0.3 is 5.76 Å². The quantitative estimate of drug-likeness (QED) is 0.790. The van der Waals surface area contributed by atoms with Crippen molar-refractivity contribution in [3.63, 3.8) is 0 Å². The lowest BCUT2D eigenvalue weighted by Gasteiger charge is -2.34. The molecule has 118 valence electrons. The number of H-pyrrole nitrogens is 1. The summed E-state index contributed by atoms with van der Waals surface area (Å²) in [6.45, 7) is 0.474. The number of nitrogens with zero attached hydrogens (tertiary/aromatic N) is 1. The lowest BCUT2D eigenvalue weighted by molar-refractivity contribution is 0.259. The molecular formula is C17H15FN2O3. The van der Waals surface area contributed by atoms with Crippen molar-refractivity contribution in [3.05, 3.63) is 58.3 Å². The van der Waals surface area contributed by atoms with Crippen molar-refractivity contribution in [2.45, 2.75) is 12.5 Å². The minimum absolute atomic E-state index is 0.00233. The topological polar surface area (TPSA) is 58.5 Å². The number of fused-ring (bicyclic) bond motifs is 2. The van der Waals surface area contributed by atoms with Crippen LogP contribution in [0.4, 0.5) is 10.1 Å². The highest BCUT2D eigenvalue weighted by Gasteiger charge is 2.25. The van der Waals surface area contributed by atoms with Gasteiger partial charge < -0.3 is 14.1 Å². The van der Waals surface area contributed by atoms with Crippen molar-refractivity contribution in [2.24, 2.45) is 0 Å². The normalized spacial score (nSPS) is 16.9. The standard InChI is InChI=1S/C17H15FN2O3/c1-20(11-6-10-4-2-3-5-15(10)22-9-11)14-8-16-13(7-12(14)18)19-17(21)23-16/h2-5,7-8,11H,6,9H2,1H3,(H,19,21). The summed E-state index contributed by atoms with van der Waals surface area (Å²) in [5.74, 6) is -0.116. The van der Waals surface area contributed by atoms with E-state index in [4.69, 9.17) is 9.15 Å². The molecule has 0 fully saturated rings. The van der Waals surface area contributed by atoms with E-state index < -0.39 is 11.6 Å². The number of anilines is 1. The molecule has 1 aromatic heterocycles. The van der Waals surface area contributed by atoms with Crippen molar-refractivity contribution < 1.29 is 13.5 Å². The first kappa shape index (κ1) is 13.9. The fourth-order valence-corrected chi connectivity index (χ4v) is 2.99. The van der Waals surface area contributed by atoms with E-state index in [1.807, 2.05) is 36.2 Å². The molecular weight excluding hydrogens is 299 g/mol. The number of halogens is 1. The molecule has 6 heteroatoms. The summed E-state index contributed by atoms with van der Waals surface area (Å²) >= 11 is 0. The number of oxazole rings is 1. The zero-order valence-electron chi connectivity index (χ0n) is 12.5. The molecule has 1 aliphatic rings. The first-order valence-corrected chi connectivity index (χ1v) is 7.38. The van der Waals surface area contributed by atoms with E-state index >= 15 is 0 Å². The molecule has 1 atom stereocenters. The molecule has 0 radical (unpaired) electrons. The molecule has 23 heavy (non-hydrogen) atoms. The number of benzene rings is 2. The average molecular weight is 314 g/mol. The van der Waals surface area contributed by atoms with Gasteiger partial charge in [-0.05, 0) is 18.1 Å². The Balaban J connectivity index is 1.68. The Morgan fingerprint density at radius 3 is 3.00 bits per heavy atom. The van der Waals surface area contributed by atoms with E-state index in [2.05, 4.69) is 4.98 Å². The molecule has 3 aromatic rings. The van der Waals surface area contributed by atoms with Gasteiger partial charge in [0.1, 0.15) is 18.2 Å². The van der Waals surface area contributed by atoms with Crippen LogP contribution in [0.1, 0.15) is 5.56 Å². The Morgan fingerprint density at radius 1 is 1.30 bits per heavy atom. The minimum Gasteiger partial charge on any atom is -0.491 e. The smallest absolute Gasteiger partial charge is 0.417 e. The highest BCUT2D eigenvalue weighted by molar-refractivity contribution is 5.77. The van der Waals surface area contributed by atoms with Crippen molar-refractivity contribution in [3.8, 4) is 5.75 Å². The third-order valence-electron chi connectivity index (χ3n) is 4.28. The maximum Gasteiger partial charge on any atom is 0.417 e. The van der Waals surface area contributed by atoms with Gasteiger partial charge in [-0.1, -0.05) is 18.2 Å². The van der Waals surface area contributed by atoms with Gasteiger partial charge in [0.05, 0.1) is 17.2 Å². The summed E-state index contributed by atoms with van der Waals surface area (Å²) in [6.07, 6.45) is 0.765. The van der Waals surface area contributed by atoms with Crippen molar-refractivity contribution in [1.29, 1.82) is 0 Å². The van der Waals surface area contributed by atoms with E-state index in [1.54, 1.807) is 6.07 Å². The van der Waals surface area contributed by atoms with Gasteiger partial charge in [0.15, 0.2) is 5.58 Å². The van der Waals surface area contributed by atoms with Gasteiger partial charge in [-0.25, -0.2) is 9.18 Å². The Hall–Kier alpha value is -2.76. The van der Waals surface area contributed by atoms with E-state index in [0.29, 0.717) is 23.4 Å². The van der Waals surface area contributed by atoms with E-state index in [9.17, 15) is 9.18 Å². The number of rotatable bonds is 2. The zero-order valence-corrected chi connectivity index (χ0v) is 12.5. The number of aromatic nitrogens is 1. The highest BCUT2D eigenvalue weighted by Crippen LogP contribution is 2.30. The molecule has 4 rings (SSSR count). The molecule has 2 aromatic carbocycles. The number of hydrogen-bond donors (Lipinski definition) is 1. The van der Waals surface area contributed by atoms with Gasteiger partial charge in [-0.2, -0.15) is 0 Å². The van der Waals surface area contributed by atoms with E-state index in [1.165, 1.54) is 6.07 Å². The molecule has 0 bridgehead atoms. The molecule has 0 aliphatic carbocycles. The summed E-state index contributed by atoms with van der Waals surface area (Å²) < 4.78 is 25.2. The van der Waals surface area contributed by atoms with Crippen LogP contribution in [0.25, 0.3) is 11.1 Å². The molecule has 0 saturated heterocycles. The first-order chi connectivity index (χ1) is 11.1. The summed E-state index contributed by atoms with van der Waals surface area (Å²) in [5.41, 5.74) is 2.18. The second kappa shape index (κ2) is 5.15. The minimum atomic E-state index is -0.589. The van der Waals surface area contributed by atoms with Crippen LogP contribution in [0.5, 0.6) is 5.75 Å². The van der Waals surface area contributed by atoms with Crippen LogP contribution in [0.2, 0.25) is 0 Å². The van der Waals surface area contributed by atoms with Gasteiger partial charge in [-0.3, -0.25) is 4.98 Å². The van der Waals surface area contributed by atoms with Crippen LogP contribution in [-0.4, -0.2) is 24.7 Å². The second-order valence-corrected chi connectivity index (χ2v) is 5.70. The predicted molar refractivity (Wildman–Crippen MR) is 84.6 cm³/mol. The first-order valence-electron chi connectivity index (χ1n) is 7.38. The molecule has 0 spiro atoms. The number of ether oxygens (including phenoxy) is 1. The maximum atomic E-state index is 14.4. The van der Waals surface area contributed by atoms with Crippen LogP contribution in [-0.2, 0) is 6.42 Å². The predicted octanol–water partition coefficient (Wildman–Crippen LogP) is 2.70. The average Bonchev–Trinajstić information content (AvgIpc) is 2.92. The van der Waals surface area contributed by atoms with Crippen molar-refractivity contribution in [2.75, 3.05) is 18.6 Å². The van der Waals surface area contributed by atoms with Gasteiger partial charge in [-0.15, -0.1) is 0 Å². The lowest BCUT2D eigenvalue weighted by Crippen LogP contribution is -2.41. The van der Waals surface area contributed by atoms with Gasteiger partial charge in [0, 0.05) is 19.2 Å². The zero-order chi connectivity index (χ0) is 16.0. The fraction of sp³-hybridized carbons (Fsp3) is 0.235. The molecule has 1 N–H and O–H groups in total. The molecule has 0 amide bonds. The largest absolute Gasteiger partial charge is 0.491 e. The number of para-hydroxylation sites is 1.